The van der Waals surface area contributed by atoms with Gasteiger partial charge in [-0.05, 0) is 25.9 Å². The van der Waals surface area contributed by atoms with Crippen molar-refractivity contribution in [2.24, 2.45) is 0 Å². The van der Waals surface area contributed by atoms with Crippen LogP contribution < -0.4 is 5.32 Å². The van der Waals surface area contributed by atoms with Gasteiger partial charge < -0.3 is 10.4 Å². The number of rotatable bonds is 1. The normalized spacial score (nSPS) is 18.5. The highest BCUT2D eigenvalue weighted by Crippen LogP contribution is 2.27. The molecule has 4 nitrogen and oxygen atoms in total. The topological polar surface area (TPSA) is 58.0 Å². The maximum atomic E-state index is 10.2. The molecule has 1 saturated heterocycles. The fourth-order valence-electron chi connectivity index (χ4n) is 1.64. The van der Waals surface area contributed by atoms with Crippen LogP contribution in [-0.4, -0.2) is 28.2 Å². The van der Waals surface area contributed by atoms with Gasteiger partial charge in [0.1, 0.15) is 5.60 Å². The zero-order valence-corrected chi connectivity index (χ0v) is 9.85. The SMILES string of the molecule is Cl.Cl.OC1(c2cnccn2)CCNCC1. The molecule has 0 unspecified atom stereocenters. The molecule has 86 valence electrons. The van der Waals surface area contributed by atoms with Gasteiger partial charge in [-0.3, -0.25) is 9.97 Å². The number of piperidine rings is 1. The smallest absolute Gasteiger partial charge is 0.110 e. The summed E-state index contributed by atoms with van der Waals surface area (Å²) in [6, 6.07) is 0. The van der Waals surface area contributed by atoms with Gasteiger partial charge in [0.05, 0.1) is 11.9 Å². The summed E-state index contributed by atoms with van der Waals surface area (Å²) in [5.41, 5.74) is -0.0732. The van der Waals surface area contributed by atoms with E-state index in [1.165, 1.54) is 0 Å². The van der Waals surface area contributed by atoms with Crippen molar-refractivity contribution in [2.75, 3.05) is 13.1 Å². The van der Waals surface area contributed by atoms with E-state index in [0.717, 1.165) is 13.1 Å². The summed E-state index contributed by atoms with van der Waals surface area (Å²) < 4.78 is 0. The third-order valence-corrected chi connectivity index (χ3v) is 2.47. The second-order valence-corrected chi connectivity index (χ2v) is 3.37. The molecule has 2 rings (SSSR count). The predicted molar refractivity (Wildman–Crippen MR) is 62.5 cm³/mol. The number of nitrogens with one attached hydrogen (secondary N) is 1. The van der Waals surface area contributed by atoms with E-state index in [9.17, 15) is 5.11 Å². The van der Waals surface area contributed by atoms with E-state index in [4.69, 9.17) is 0 Å². The molecular formula is C9H15Cl2N3O. The molecule has 0 saturated carbocycles. The Morgan fingerprint density at radius 3 is 2.40 bits per heavy atom. The number of nitrogens with zero attached hydrogens (tertiary/aromatic N) is 2. The van der Waals surface area contributed by atoms with Crippen LogP contribution in [0.2, 0.25) is 0 Å². The molecule has 0 aliphatic carbocycles. The number of halogens is 2. The van der Waals surface area contributed by atoms with Crippen LogP contribution in [0.4, 0.5) is 0 Å². The Morgan fingerprint density at radius 2 is 1.87 bits per heavy atom. The fourth-order valence-corrected chi connectivity index (χ4v) is 1.64. The lowest BCUT2D eigenvalue weighted by Crippen LogP contribution is -2.40. The first-order valence-corrected chi connectivity index (χ1v) is 4.51. The monoisotopic (exact) mass is 251 g/mol. The quantitative estimate of drug-likeness (QED) is 0.779. The van der Waals surface area contributed by atoms with Crippen molar-refractivity contribution in [3.63, 3.8) is 0 Å². The van der Waals surface area contributed by atoms with Crippen LogP contribution in [0.1, 0.15) is 18.5 Å². The van der Waals surface area contributed by atoms with Gasteiger partial charge in [-0.25, -0.2) is 0 Å². The summed E-state index contributed by atoms with van der Waals surface area (Å²) in [6.07, 6.45) is 6.31. The highest BCUT2D eigenvalue weighted by Gasteiger charge is 2.32. The van der Waals surface area contributed by atoms with E-state index < -0.39 is 5.60 Å². The van der Waals surface area contributed by atoms with Crippen molar-refractivity contribution < 1.29 is 5.11 Å². The number of aliphatic hydroxyl groups is 1. The Kier molecular flexibility index (Phi) is 6.05. The Morgan fingerprint density at radius 1 is 1.20 bits per heavy atom. The molecule has 15 heavy (non-hydrogen) atoms. The van der Waals surface area contributed by atoms with E-state index in [1.54, 1.807) is 18.6 Å². The zero-order chi connectivity index (χ0) is 9.15. The lowest BCUT2D eigenvalue weighted by Gasteiger charge is -2.31. The largest absolute Gasteiger partial charge is 0.383 e. The van der Waals surface area contributed by atoms with Crippen LogP contribution in [0.3, 0.4) is 0 Å². The highest BCUT2D eigenvalue weighted by molar-refractivity contribution is 5.85. The van der Waals surface area contributed by atoms with Gasteiger partial charge in [0, 0.05) is 12.4 Å². The number of hydrogen-bond acceptors (Lipinski definition) is 4. The summed E-state index contributed by atoms with van der Waals surface area (Å²) in [4.78, 5) is 8.10. The van der Waals surface area contributed by atoms with Crippen LogP contribution in [0.5, 0.6) is 0 Å². The van der Waals surface area contributed by atoms with Crippen molar-refractivity contribution in [2.45, 2.75) is 18.4 Å². The van der Waals surface area contributed by atoms with Crippen LogP contribution >= 0.6 is 24.8 Å². The third-order valence-electron chi connectivity index (χ3n) is 2.47. The molecule has 1 aromatic heterocycles. The molecule has 1 aromatic rings. The van der Waals surface area contributed by atoms with E-state index >= 15 is 0 Å². The minimum atomic E-state index is -0.764. The molecule has 1 aliphatic rings. The Hall–Kier alpha value is -0.420. The highest BCUT2D eigenvalue weighted by atomic mass is 35.5. The summed E-state index contributed by atoms with van der Waals surface area (Å²) in [6.45, 7) is 1.68. The Bertz CT molecular complexity index is 278. The molecule has 6 heteroatoms. The van der Waals surface area contributed by atoms with Crippen molar-refractivity contribution in [3.05, 3.63) is 24.3 Å². The second-order valence-electron chi connectivity index (χ2n) is 3.37. The first kappa shape index (κ1) is 14.6. The van der Waals surface area contributed by atoms with E-state index in [1.807, 2.05) is 0 Å². The summed E-state index contributed by atoms with van der Waals surface area (Å²) in [5.74, 6) is 0. The van der Waals surface area contributed by atoms with E-state index in [2.05, 4.69) is 15.3 Å². The maximum absolute atomic E-state index is 10.2. The van der Waals surface area contributed by atoms with E-state index in [-0.39, 0.29) is 24.8 Å². The van der Waals surface area contributed by atoms with E-state index in [0.29, 0.717) is 18.5 Å². The molecule has 0 atom stereocenters. The summed E-state index contributed by atoms with van der Waals surface area (Å²) >= 11 is 0. The molecular weight excluding hydrogens is 237 g/mol. The van der Waals surface area contributed by atoms with Crippen molar-refractivity contribution >= 4 is 24.8 Å². The first-order valence-electron chi connectivity index (χ1n) is 4.51. The zero-order valence-electron chi connectivity index (χ0n) is 8.22. The molecule has 1 fully saturated rings. The third kappa shape index (κ3) is 3.28. The van der Waals surface area contributed by atoms with Gasteiger partial charge in [0.15, 0.2) is 0 Å². The molecule has 2 heterocycles. The van der Waals surface area contributed by atoms with Crippen LogP contribution in [0.25, 0.3) is 0 Å². The number of aromatic nitrogens is 2. The molecule has 1 aliphatic heterocycles. The molecule has 0 aromatic carbocycles. The lowest BCUT2D eigenvalue weighted by atomic mass is 9.89. The molecule has 0 bridgehead atoms. The molecule has 2 N–H and O–H groups in total. The van der Waals surface area contributed by atoms with Gasteiger partial charge in [0.2, 0.25) is 0 Å². The number of hydrogen-bond donors (Lipinski definition) is 2. The van der Waals surface area contributed by atoms with Gasteiger partial charge >= 0.3 is 0 Å². The van der Waals surface area contributed by atoms with Crippen molar-refractivity contribution in [1.29, 1.82) is 0 Å². The Balaban J connectivity index is 0.000000980. The van der Waals surface area contributed by atoms with Gasteiger partial charge in [-0.15, -0.1) is 24.8 Å². The van der Waals surface area contributed by atoms with Crippen molar-refractivity contribution in [1.82, 2.24) is 15.3 Å². The van der Waals surface area contributed by atoms with Gasteiger partial charge in [-0.2, -0.15) is 0 Å². The van der Waals surface area contributed by atoms with Crippen molar-refractivity contribution in [3.8, 4) is 0 Å². The van der Waals surface area contributed by atoms with Gasteiger partial charge in [-0.1, -0.05) is 0 Å². The first-order chi connectivity index (χ1) is 6.31. The van der Waals surface area contributed by atoms with Crippen LogP contribution in [-0.2, 0) is 5.60 Å². The molecule has 0 radical (unpaired) electrons. The minimum absolute atomic E-state index is 0. The fraction of sp³-hybridized carbons (Fsp3) is 0.556. The average molecular weight is 252 g/mol. The Labute approximate surface area is 101 Å². The van der Waals surface area contributed by atoms with Gasteiger partial charge in [0.25, 0.3) is 0 Å². The second kappa shape index (κ2) is 6.23. The summed E-state index contributed by atoms with van der Waals surface area (Å²) in [5, 5.41) is 13.4. The predicted octanol–water partition coefficient (Wildman–Crippen LogP) is 0.891. The summed E-state index contributed by atoms with van der Waals surface area (Å²) in [7, 11) is 0. The minimum Gasteiger partial charge on any atom is -0.383 e. The standard InChI is InChI=1S/C9H13N3O.2ClH/c13-9(1-3-10-4-2-9)8-7-11-5-6-12-8;;/h5-7,10,13H,1-4H2;2*1H. The van der Waals surface area contributed by atoms with Crippen LogP contribution in [0.15, 0.2) is 18.6 Å². The van der Waals surface area contributed by atoms with Crippen LogP contribution in [0, 0.1) is 0 Å². The average Bonchev–Trinajstić information content (AvgIpc) is 2.20. The lowest BCUT2D eigenvalue weighted by molar-refractivity contribution is 0.00152. The molecule has 0 amide bonds. The maximum Gasteiger partial charge on any atom is 0.110 e. The molecule has 0 spiro atoms.